The van der Waals surface area contributed by atoms with Gasteiger partial charge in [-0.25, -0.2) is 0 Å². The standard InChI is InChI=1S/C19H33N/c1-5-6-7-8-9-10-11-12-13-18-15-14-17(16-20-18)19(2,3)4/h14-16H,5-13H2,1-4H3. The average molecular weight is 275 g/mol. The number of unbranched alkanes of at least 4 members (excludes halogenated alkanes) is 7. The molecule has 0 N–H and O–H groups in total. The molecule has 1 aromatic rings. The van der Waals surface area contributed by atoms with Crippen molar-refractivity contribution in [2.24, 2.45) is 0 Å². The summed E-state index contributed by atoms with van der Waals surface area (Å²) in [6, 6.07) is 4.45. The van der Waals surface area contributed by atoms with Crippen molar-refractivity contribution in [3.05, 3.63) is 29.6 Å². The van der Waals surface area contributed by atoms with E-state index < -0.39 is 0 Å². The molecule has 0 amide bonds. The van der Waals surface area contributed by atoms with E-state index in [1.54, 1.807) is 0 Å². The molecular weight excluding hydrogens is 242 g/mol. The zero-order chi connectivity index (χ0) is 14.8. The summed E-state index contributed by atoms with van der Waals surface area (Å²) in [7, 11) is 0. The molecule has 114 valence electrons. The highest BCUT2D eigenvalue weighted by Gasteiger charge is 2.13. The Bertz CT molecular complexity index is 345. The van der Waals surface area contributed by atoms with Gasteiger partial charge < -0.3 is 0 Å². The minimum absolute atomic E-state index is 0.212. The first-order chi connectivity index (χ1) is 9.54. The predicted molar refractivity (Wildman–Crippen MR) is 89.3 cm³/mol. The summed E-state index contributed by atoms with van der Waals surface area (Å²) in [6.45, 7) is 8.99. The Morgan fingerprint density at radius 3 is 1.95 bits per heavy atom. The second-order valence-corrected chi connectivity index (χ2v) is 7.01. The number of aryl methyl sites for hydroxylation is 1. The van der Waals surface area contributed by atoms with Crippen LogP contribution in [0.3, 0.4) is 0 Å². The number of nitrogens with zero attached hydrogens (tertiary/aromatic N) is 1. The summed E-state index contributed by atoms with van der Waals surface area (Å²) in [5, 5.41) is 0. The molecular formula is C19H33N. The third-order valence-corrected chi connectivity index (χ3v) is 3.98. The van der Waals surface area contributed by atoms with E-state index in [0.29, 0.717) is 0 Å². The highest BCUT2D eigenvalue weighted by Crippen LogP contribution is 2.21. The normalized spacial score (nSPS) is 11.8. The largest absolute Gasteiger partial charge is 0.261 e. The summed E-state index contributed by atoms with van der Waals surface area (Å²) in [6.07, 6.45) is 14.2. The van der Waals surface area contributed by atoms with Gasteiger partial charge in [0, 0.05) is 11.9 Å². The van der Waals surface area contributed by atoms with Gasteiger partial charge in [0.05, 0.1) is 0 Å². The van der Waals surface area contributed by atoms with Crippen LogP contribution in [0.4, 0.5) is 0 Å². The molecule has 0 aliphatic rings. The first-order valence-electron chi connectivity index (χ1n) is 8.49. The second-order valence-electron chi connectivity index (χ2n) is 7.01. The average Bonchev–Trinajstić information content (AvgIpc) is 2.41. The van der Waals surface area contributed by atoms with Crippen LogP contribution < -0.4 is 0 Å². The van der Waals surface area contributed by atoms with Gasteiger partial charge in [0.1, 0.15) is 0 Å². The SMILES string of the molecule is CCCCCCCCCCc1ccc(C(C)(C)C)cn1. The second kappa shape index (κ2) is 9.15. The molecule has 0 aliphatic carbocycles. The fourth-order valence-corrected chi connectivity index (χ4v) is 2.46. The summed E-state index contributed by atoms with van der Waals surface area (Å²) >= 11 is 0. The van der Waals surface area contributed by atoms with Crippen molar-refractivity contribution in [2.45, 2.75) is 90.9 Å². The van der Waals surface area contributed by atoms with Crippen LogP contribution in [0, 0.1) is 0 Å². The van der Waals surface area contributed by atoms with Crippen LogP contribution in [0.2, 0.25) is 0 Å². The molecule has 1 nitrogen and oxygen atoms in total. The van der Waals surface area contributed by atoms with Crippen molar-refractivity contribution >= 4 is 0 Å². The van der Waals surface area contributed by atoms with Crippen molar-refractivity contribution in [3.63, 3.8) is 0 Å². The van der Waals surface area contributed by atoms with Crippen LogP contribution in [0.25, 0.3) is 0 Å². The lowest BCUT2D eigenvalue weighted by atomic mass is 9.88. The van der Waals surface area contributed by atoms with Crippen molar-refractivity contribution in [1.29, 1.82) is 0 Å². The van der Waals surface area contributed by atoms with Gasteiger partial charge in [-0.05, 0) is 29.9 Å². The van der Waals surface area contributed by atoms with E-state index >= 15 is 0 Å². The maximum atomic E-state index is 4.60. The summed E-state index contributed by atoms with van der Waals surface area (Å²) < 4.78 is 0. The lowest BCUT2D eigenvalue weighted by molar-refractivity contribution is 0.572. The lowest BCUT2D eigenvalue weighted by Gasteiger charge is -2.18. The third kappa shape index (κ3) is 7.07. The first kappa shape index (κ1) is 17.2. The van der Waals surface area contributed by atoms with Crippen LogP contribution in [0.5, 0.6) is 0 Å². The van der Waals surface area contributed by atoms with Gasteiger partial charge >= 0.3 is 0 Å². The van der Waals surface area contributed by atoms with Gasteiger partial charge in [-0.15, -0.1) is 0 Å². The molecule has 1 rings (SSSR count). The smallest absolute Gasteiger partial charge is 0.0403 e. The molecule has 1 heteroatoms. The molecule has 0 aliphatic heterocycles. The maximum Gasteiger partial charge on any atom is 0.0403 e. The highest BCUT2D eigenvalue weighted by atomic mass is 14.7. The fourth-order valence-electron chi connectivity index (χ4n) is 2.46. The van der Waals surface area contributed by atoms with Crippen LogP contribution >= 0.6 is 0 Å². The minimum Gasteiger partial charge on any atom is -0.261 e. The number of hydrogen-bond donors (Lipinski definition) is 0. The van der Waals surface area contributed by atoms with Crippen molar-refractivity contribution in [2.75, 3.05) is 0 Å². The predicted octanol–water partition coefficient (Wildman–Crippen LogP) is 6.06. The van der Waals surface area contributed by atoms with Crippen LogP contribution in [-0.4, -0.2) is 4.98 Å². The molecule has 0 bridgehead atoms. The number of aromatic nitrogens is 1. The van der Waals surface area contributed by atoms with E-state index in [2.05, 4.69) is 51.0 Å². The zero-order valence-electron chi connectivity index (χ0n) is 14.0. The quantitative estimate of drug-likeness (QED) is 0.499. The summed E-state index contributed by atoms with van der Waals surface area (Å²) in [4.78, 5) is 4.60. The summed E-state index contributed by atoms with van der Waals surface area (Å²) in [5.41, 5.74) is 2.80. The Labute approximate surface area is 126 Å². The zero-order valence-corrected chi connectivity index (χ0v) is 14.0. The molecule has 1 heterocycles. The molecule has 0 spiro atoms. The van der Waals surface area contributed by atoms with Crippen LogP contribution in [-0.2, 0) is 11.8 Å². The molecule has 1 aromatic heterocycles. The van der Waals surface area contributed by atoms with E-state index in [0.717, 1.165) is 6.42 Å². The molecule has 0 saturated heterocycles. The van der Waals surface area contributed by atoms with Gasteiger partial charge in [0.15, 0.2) is 0 Å². The Morgan fingerprint density at radius 1 is 0.850 bits per heavy atom. The Hall–Kier alpha value is -0.850. The minimum atomic E-state index is 0.212. The van der Waals surface area contributed by atoms with Crippen LogP contribution in [0.15, 0.2) is 18.3 Å². The van der Waals surface area contributed by atoms with E-state index in [9.17, 15) is 0 Å². The van der Waals surface area contributed by atoms with Crippen molar-refractivity contribution in [1.82, 2.24) is 4.98 Å². The molecule has 0 saturated carbocycles. The van der Waals surface area contributed by atoms with Crippen molar-refractivity contribution in [3.8, 4) is 0 Å². The Kier molecular flexibility index (Phi) is 7.87. The molecule has 0 radical (unpaired) electrons. The molecule has 0 aromatic carbocycles. The topological polar surface area (TPSA) is 12.9 Å². The Morgan fingerprint density at radius 2 is 1.45 bits per heavy atom. The van der Waals surface area contributed by atoms with Gasteiger partial charge in [0.25, 0.3) is 0 Å². The molecule has 0 atom stereocenters. The Balaban J connectivity index is 2.13. The number of pyridine rings is 1. The van der Waals surface area contributed by atoms with E-state index in [4.69, 9.17) is 0 Å². The number of rotatable bonds is 9. The van der Waals surface area contributed by atoms with E-state index in [-0.39, 0.29) is 5.41 Å². The van der Waals surface area contributed by atoms with Gasteiger partial charge in [0.2, 0.25) is 0 Å². The number of hydrogen-bond acceptors (Lipinski definition) is 1. The molecule has 20 heavy (non-hydrogen) atoms. The van der Waals surface area contributed by atoms with E-state index in [1.165, 1.54) is 62.6 Å². The van der Waals surface area contributed by atoms with Gasteiger partial charge in [-0.2, -0.15) is 0 Å². The van der Waals surface area contributed by atoms with Gasteiger partial charge in [-0.3, -0.25) is 4.98 Å². The highest BCUT2D eigenvalue weighted by molar-refractivity contribution is 5.21. The van der Waals surface area contributed by atoms with Crippen molar-refractivity contribution < 1.29 is 0 Å². The summed E-state index contributed by atoms with van der Waals surface area (Å²) in [5.74, 6) is 0. The monoisotopic (exact) mass is 275 g/mol. The maximum absolute atomic E-state index is 4.60. The molecule has 0 fully saturated rings. The van der Waals surface area contributed by atoms with E-state index in [1.807, 2.05) is 0 Å². The first-order valence-corrected chi connectivity index (χ1v) is 8.49. The van der Waals surface area contributed by atoms with Crippen LogP contribution in [0.1, 0.15) is 90.3 Å². The van der Waals surface area contributed by atoms with Gasteiger partial charge in [-0.1, -0.05) is 78.7 Å². The fraction of sp³-hybridized carbons (Fsp3) is 0.737. The lowest BCUT2D eigenvalue weighted by Crippen LogP contribution is -2.11. The third-order valence-electron chi connectivity index (χ3n) is 3.98. The molecule has 0 unspecified atom stereocenters.